The summed E-state index contributed by atoms with van der Waals surface area (Å²) in [5.74, 6) is 0. The van der Waals surface area contributed by atoms with E-state index in [2.05, 4.69) is 254 Å². The minimum Gasteiger partial charge on any atom is -0.310 e. The van der Waals surface area contributed by atoms with E-state index in [4.69, 9.17) is 0 Å². The Bertz CT molecular complexity index is 3330. The van der Waals surface area contributed by atoms with Crippen LogP contribution in [0.15, 0.2) is 249 Å². The van der Waals surface area contributed by atoms with Gasteiger partial charge in [0, 0.05) is 17.1 Å². The number of benzene rings is 11. The fourth-order valence-electron chi connectivity index (χ4n) is 8.99. The predicted octanol–water partition coefficient (Wildman–Crippen LogP) is 17.0. The van der Waals surface area contributed by atoms with Gasteiger partial charge in [0.2, 0.25) is 0 Å². The molecule has 0 aromatic heterocycles. The lowest BCUT2D eigenvalue weighted by Crippen LogP contribution is -2.10. The van der Waals surface area contributed by atoms with Crippen molar-refractivity contribution >= 4 is 49.4 Å². The van der Waals surface area contributed by atoms with E-state index in [1.54, 1.807) is 0 Å². The predicted molar refractivity (Wildman–Crippen MR) is 261 cm³/mol. The largest absolute Gasteiger partial charge is 0.310 e. The molecule has 0 aliphatic carbocycles. The third-order valence-electron chi connectivity index (χ3n) is 12.0. The third kappa shape index (κ3) is 6.93. The van der Waals surface area contributed by atoms with Gasteiger partial charge in [0.05, 0.1) is 0 Å². The molecule has 0 atom stereocenters. The van der Waals surface area contributed by atoms with Gasteiger partial charge in [-0.15, -0.1) is 0 Å². The Hall–Kier alpha value is -8.00. The summed E-state index contributed by atoms with van der Waals surface area (Å²) in [6, 6.07) is 90.4. The topological polar surface area (TPSA) is 3.24 Å². The minimum atomic E-state index is 1.09. The van der Waals surface area contributed by atoms with Crippen molar-refractivity contribution in [2.45, 2.75) is 0 Å². The van der Waals surface area contributed by atoms with Crippen LogP contribution >= 0.6 is 0 Å². The van der Waals surface area contributed by atoms with Crippen LogP contribution in [0.25, 0.3) is 88.0 Å². The lowest BCUT2D eigenvalue weighted by Gasteiger charge is -2.26. The number of hydrogen-bond acceptors (Lipinski definition) is 1. The fourth-order valence-corrected chi connectivity index (χ4v) is 8.99. The highest BCUT2D eigenvalue weighted by Gasteiger charge is 2.17. The van der Waals surface area contributed by atoms with E-state index in [-0.39, 0.29) is 0 Å². The number of anilines is 3. The van der Waals surface area contributed by atoms with Gasteiger partial charge in [0.15, 0.2) is 0 Å². The molecule has 0 unspecified atom stereocenters. The van der Waals surface area contributed by atoms with Gasteiger partial charge in [0.1, 0.15) is 0 Å². The van der Waals surface area contributed by atoms with Crippen LogP contribution in [0.5, 0.6) is 0 Å². The van der Waals surface area contributed by atoms with Crippen molar-refractivity contribution in [1.29, 1.82) is 0 Å². The second kappa shape index (κ2) is 15.6. The number of nitrogens with zero attached hydrogens (tertiary/aromatic N) is 1. The number of rotatable bonds is 8. The van der Waals surface area contributed by atoms with Gasteiger partial charge < -0.3 is 4.90 Å². The highest BCUT2D eigenvalue weighted by molar-refractivity contribution is 6.08. The molecule has 1 nitrogen and oxygen atoms in total. The molecule has 0 heterocycles. The molecular formula is C60H41N. The molecule has 0 bridgehead atoms. The molecule has 0 radical (unpaired) electrons. The average molecular weight is 776 g/mol. The molecule has 0 fully saturated rings. The zero-order chi connectivity index (χ0) is 40.5. The Kier molecular flexibility index (Phi) is 9.26. The number of fused-ring (bicyclic) bond motifs is 4. The highest BCUT2D eigenvalue weighted by Crippen LogP contribution is 2.42. The first-order valence-electron chi connectivity index (χ1n) is 21.0. The lowest BCUT2D eigenvalue weighted by molar-refractivity contribution is 1.28. The smallest absolute Gasteiger partial charge is 0.0467 e. The van der Waals surface area contributed by atoms with Crippen molar-refractivity contribution in [3.63, 3.8) is 0 Å². The Morgan fingerprint density at radius 2 is 0.672 bits per heavy atom. The van der Waals surface area contributed by atoms with Gasteiger partial charge in [-0.25, -0.2) is 0 Å². The first-order chi connectivity index (χ1) is 30.2. The van der Waals surface area contributed by atoms with Crippen molar-refractivity contribution in [2.75, 3.05) is 4.90 Å². The molecular weight excluding hydrogens is 735 g/mol. The van der Waals surface area contributed by atoms with E-state index in [0.29, 0.717) is 0 Å². The zero-order valence-corrected chi connectivity index (χ0v) is 33.6. The molecule has 61 heavy (non-hydrogen) atoms. The van der Waals surface area contributed by atoms with E-state index in [0.717, 1.165) is 17.1 Å². The number of hydrogen-bond donors (Lipinski definition) is 0. The van der Waals surface area contributed by atoms with Crippen LogP contribution in [0, 0.1) is 0 Å². The highest BCUT2D eigenvalue weighted by atomic mass is 15.1. The fraction of sp³-hybridized carbons (Fsp3) is 0. The van der Waals surface area contributed by atoms with Gasteiger partial charge in [-0.1, -0.05) is 200 Å². The maximum Gasteiger partial charge on any atom is 0.0467 e. The lowest BCUT2D eigenvalue weighted by atomic mass is 9.90. The molecule has 0 spiro atoms. The summed E-state index contributed by atoms with van der Waals surface area (Å²) in [7, 11) is 0. The Morgan fingerprint density at radius 3 is 1.38 bits per heavy atom. The summed E-state index contributed by atoms with van der Waals surface area (Å²) in [6.07, 6.45) is 0. The summed E-state index contributed by atoms with van der Waals surface area (Å²) < 4.78 is 0. The van der Waals surface area contributed by atoms with E-state index in [9.17, 15) is 0 Å². The van der Waals surface area contributed by atoms with E-state index in [1.807, 2.05) is 0 Å². The first kappa shape index (κ1) is 36.1. The van der Waals surface area contributed by atoms with Crippen LogP contribution in [-0.4, -0.2) is 0 Å². The Balaban J connectivity index is 1.01. The summed E-state index contributed by atoms with van der Waals surface area (Å²) in [5.41, 5.74) is 15.3. The monoisotopic (exact) mass is 775 g/mol. The molecule has 11 aromatic carbocycles. The molecule has 0 aliphatic heterocycles. The van der Waals surface area contributed by atoms with Crippen LogP contribution in [0.2, 0.25) is 0 Å². The summed E-state index contributed by atoms with van der Waals surface area (Å²) >= 11 is 0. The molecule has 0 N–H and O–H groups in total. The van der Waals surface area contributed by atoms with Crippen LogP contribution < -0.4 is 4.90 Å². The molecule has 0 amide bonds. The molecule has 0 saturated carbocycles. The van der Waals surface area contributed by atoms with Crippen molar-refractivity contribution < 1.29 is 0 Å². The molecule has 11 rings (SSSR count). The van der Waals surface area contributed by atoms with Crippen molar-refractivity contribution in [2.24, 2.45) is 0 Å². The van der Waals surface area contributed by atoms with Crippen LogP contribution in [0.1, 0.15) is 0 Å². The van der Waals surface area contributed by atoms with E-state index in [1.165, 1.54) is 88.0 Å². The van der Waals surface area contributed by atoms with Gasteiger partial charge >= 0.3 is 0 Å². The molecule has 0 saturated heterocycles. The normalized spacial score (nSPS) is 11.3. The maximum absolute atomic E-state index is 2.38. The van der Waals surface area contributed by atoms with Gasteiger partial charge in [-0.3, -0.25) is 0 Å². The van der Waals surface area contributed by atoms with Crippen LogP contribution in [0.3, 0.4) is 0 Å². The average Bonchev–Trinajstić information content (AvgIpc) is 3.34. The van der Waals surface area contributed by atoms with Crippen molar-refractivity contribution in [1.82, 2.24) is 0 Å². The molecule has 286 valence electrons. The van der Waals surface area contributed by atoms with Crippen LogP contribution in [0.4, 0.5) is 17.1 Å². The third-order valence-corrected chi connectivity index (χ3v) is 12.0. The van der Waals surface area contributed by atoms with Gasteiger partial charge in [-0.05, 0) is 136 Å². The van der Waals surface area contributed by atoms with E-state index < -0.39 is 0 Å². The van der Waals surface area contributed by atoms with E-state index >= 15 is 0 Å². The Morgan fingerprint density at radius 1 is 0.213 bits per heavy atom. The molecule has 0 aliphatic rings. The van der Waals surface area contributed by atoms with Crippen molar-refractivity contribution in [3.8, 4) is 55.6 Å². The second-order valence-electron chi connectivity index (χ2n) is 15.7. The van der Waals surface area contributed by atoms with Gasteiger partial charge in [-0.2, -0.15) is 0 Å². The quantitative estimate of drug-likeness (QED) is 0.139. The summed E-state index contributed by atoms with van der Waals surface area (Å²) in [6.45, 7) is 0. The second-order valence-corrected chi connectivity index (χ2v) is 15.7. The molecule has 11 aromatic rings. The summed E-state index contributed by atoms with van der Waals surface area (Å²) in [4.78, 5) is 2.38. The van der Waals surface area contributed by atoms with Crippen molar-refractivity contribution in [3.05, 3.63) is 249 Å². The Labute approximate surface area is 357 Å². The zero-order valence-electron chi connectivity index (χ0n) is 33.6. The van der Waals surface area contributed by atoms with Crippen LogP contribution in [-0.2, 0) is 0 Å². The standard InChI is InChI=1S/C60H41N/c1-3-13-42(14-4-1)48-19-11-20-49(39-48)43-27-33-53(34-28-43)61(55-22-12-21-50(41-55)51-32-37-57-52(40-51)26-25-44-15-7-9-23-56(44)57)54-35-29-46(30-36-54)59-38-31-45-16-8-10-24-58(45)60(59)47-17-5-2-6-18-47/h1-41H. The maximum atomic E-state index is 2.38. The first-order valence-corrected chi connectivity index (χ1v) is 21.0. The summed E-state index contributed by atoms with van der Waals surface area (Å²) in [5, 5.41) is 7.55. The molecule has 1 heteroatoms. The van der Waals surface area contributed by atoms with Gasteiger partial charge in [0.25, 0.3) is 0 Å². The SMILES string of the molecule is c1ccc(-c2cccc(-c3ccc(N(c4ccc(-c5ccc6ccccc6c5-c5ccccc5)cc4)c4cccc(-c5ccc6c(ccc7ccccc76)c5)c4)cc3)c2)cc1. The minimum absolute atomic E-state index is 1.09.